The van der Waals surface area contributed by atoms with Crippen molar-refractivity contribution in [2.75, 3.05) is 60.0 Å². The standard InChI is InChI=1S/C13H26N4O2/c1-16-4-5-17(2)11(10-16)8-15-13(18)7-12-9-14-3-6-19-12/h11-12,14H,3-10H2,1-2H3,(H,15,18). The molecule has 19 heavy (non-hydrogen) atoms. The van der Waals surface area contributed by atoms with Crippen LogP contribution in [-0.2, 0) is 9.53 Å². The molecule has 0 aromatic carbocycles. The number of carbonyl (C=O) groups excluding carboxylic acids is 1. The molecule has 0 aliphatic carbocycles. The monoisotopic (exact) mass is 270 g/mol. The van der Waals surface area contributed by atoms with Gasteiger partial charge in [0, 0.05) is 45.3 Å². The van der Waals surface area contributed by atoms with Crippen LogP contribution >= 0.6 is 0 Å². The van der Waals surface area contributed by atoms with Gasteiger partial charge in [0.05, 0.1) is 19.1 Å². The fourth-order valence-electron chi connectivity index (χ4n) is 2.58. The second kappa shape index (κ2) is 7.19. The summed E-state index contributed by atoms with van der Waals surface area (Å²) in [7, 11) is 4.25. The van der Waals surface area contributed by atoms with Crippen molar-refractivity contribution in [2.24, 2.45) is 0 Å². The van der Waals surface area contributed by atoms with E-state index in [1.807, 2.05) is 0 Å². The average molecular weight is 270 g/mol. The summed E-state index contributed by atoms with van der Waals surface area (Å²) in [6, 6.07) is 0.410. The minimum Gasteiger partial charge on any atom is -0.375 e. The number of morpholine rings is 1. The molecule has 0 aromatic rings. The Morgan fingerprint density at radius 3 is 3.00 bits per heavy atom. The van der Waals surface area contributed by atoms with Gasteiger partial charge < -0.3 is 20.3 Å². The lowest BCUT2D eigenvalue weighted by atomic mass is 10.1. The summed E-state index contributed by atoms with van der Waals surface area (Å²) in [5.74, 6) is 0.0929. The summed E-state index contributed by atoms with van der Waals surface area (Å²) in [5.41, 5.74) is 0. The molecule has 2 N–H and O–H groups in total. The molecule has 110 valence electrons. The van der Waals surface area contributed by atoms with E-state index in [9.17, 15) is 4.79 Å². The van der Waals surface area contributed by atoms with E-state index in [-0.39, 0.29) is 12.0 Å². The van der Waals surface area contributed by atoms with Crippen molar-refractivity contribution < 1.29 is 9.53 Å². The van der Waals surface area contributed by atoms with Crippen LogP contribution in [0.2, 0.25) is 0 Å². The van der Waals surface area contributed by atoms with Crippen LogP contribution in [0.3, 0.4) is 0 Å². The van der Waals surface area contributed by atoms with E-state index in [4.69, 9.17) is 4.74 Å². The molecule has 6 nitrogen and oxygen atoms in total. The SMILES string of the molecule is CN1CCN(C)C(CNC(=O)CC2CNCCO2)C1. The number of likely N-dealkylation sites (N-methyl/N-ethyl adjacent to an activating group) is 2. The van der Waals surface area contributed by atoms with Crippen molar-refractivity contribution in [1.82, 2.24) is 20.4 Å². The van der Waals surface area contributed by atoms with Crippen molar-refractivity contribution in [1.29, 1.82) is 0 Å². The first-order chi connectivity index (χ1) is 9.15. The first-order valence-corrected chi connectivity index (χ1v) is 7.13. The largest absolute Gasteiger partial charge is 0.375 e. The molecule has 1 amide bonds. The first kappa shape index (κ1) is 14.7. The van der Waals surface area contributed by atoms with Crippen molar-refractivity contribution in [2.45, 2.75) is 18.6 Å². The highest BCUT2D eigenvalue weighted by Gasteiger charge is 2.23. The maximum absolute atomic E-state index is 11.9. The molecule has 2 heterocycles. The van der Waals surface area contributed by atoms with E-state index in [1.165, 1.54) is 0 Å². The lowest BCUT2D eigenvalue weighted by Gasteiger charge is -2.37. The molecule has 2 aliphatic rings. The zero-order valence-electron chi connectivity index (χ0n) is 12.0. The Morgan fingerprint density at radius 2 is 2.26 bits per heavy atom. The molecule has 6 heteroatoms. The molecule has 2 unspecified atom stereocenters. The van der Waals surface area contributed by atoms with Crippen LogP contribution in [0.5, 0.6) is 0 Å². The van der Waals surface area contributed by atoms with Crippen LogP contribution in [0.15, 0.2) is 0 Å². The minimum absolute atomic E-state index is 0.0282. The van der Waals surface area contributed by atoms with Crippen LogP contribution in [0, 0.1) is 0 Å². The maximum atomic E-state index is 11.9. The quantitative estimate of drug-likeness (QED) is 0.667. The Kier molecular flexibility index (Phi) is 5.57. The first-order valence-electron chi connectivity index (χ1n) is 7.13. The number of hydrogen-bond acceptors (Lipinski definition) is 5. The third-order valence-corrected chi connectivity index (χ3v) is 3.93. The molecule has 0 spiro atoms. The van der Waals surface area contributed by atoms with Crippen LogP contribution < -0.4 is 10.6 Å². The number of nitrogens with one attached hydrogen (secondary N) is 2. The van der Waals surface area contributed by atoms with Crippen LogP contribution in [0.4, 0.5) is 0 Å². The van der Waals surface area contributed by atoms with Gasteiger partial charge in [0.15, 0.2) is 0 Å². The highest BCUT2D eigenvalue weighted by atomic mass is 16.5. The van der Waals surface area contributed by atoms with Crippen molar-refractivity contribution >= 4 is 5.91 Å². The van der Waals surface area contributed by atoms with E-state index in [0.717, 1.165) is 39.3 Å². The van der Waals surface area contributed by atoms with Crippen molar-refractivity contribution in [3.8, 4) is 0 Å². The maximum Gasteiger partial charge on any atom is 0.222 e. The van der Waals surface area contributed by atoms with Gasteiger partial charge in [-0.25, -0.2) is 0 Å². The highest BCUT2D eigenvalue weighted by Crippen LogP contribution is 2.05. The van der Waals surface area contributed by atoms with E-state index < -0.39 is 0 Å². The smallest absolute Gasteiger partial charge is 0.222 e. The van der Waals surface area contributed by atoms with Crippen molar-refractivity contribution in [3.63, 3.8) is 0 Å². The van der Waals surface area contributed by atoms with Crippen LogP contribution in [0.1, 0.15) is 6.42 Å². The van der Waals surface area contributed by atoms with Gasteiger partial charge in [-0.2, -0.15) is 0 Å². The summed E-state index contributed by atoms with van der Waals surface area (Å²) in [5, 5.41) is 6.27. The van der Waals surface area contributed by atoms with Crippen molar-refractivity contribution in [3.05, 3.63) is 0 Å². The van der Waals surface area contributed by atoms with Gasteiger partial charge in [-0.05, 0) is 14.1 Å². The second-order valence-corrected chi connectivity index (χ2v) is 5.60. The molecule has 2 atom stereocenters. The number of nitrogens with zero attached hydrogens (tertiary/aromatic N) is 2. The lowest BCUT2D eigenvalue weighted by molar-refractivity contribution is -0.124. The predicted molar refractivity (Wildman–Crippen MR) is 74.2 cm³/mol. The Balaban J connectivity index is 1.67. The Hall–Kier alpha value is -0.690. The van der Waals surface area contributed by atoms with Gasteiger partial charge in [0.2, 0.25) is 5.91 Å². The molecular formula is C13H26N4O2. The van der Waals surface area contributed by atoms with Gasteiger partial charge in [0.25, 0.3) is 0 Å². The normalized spacial score (nSPS) is 30.2. The number of piperazine rings is 1. The van der Waals surface area contributed by atoms with E-state index >= 15 is 0 Å². The van der Waals surface area contributed by atoms with Gasteiger partial charge in [-0.3, -0.25) is 9.69 Å². The predicted octanol–water partition coefficient (Wildman–Crippen LogP) is -1.27. The Morgan fingerprint density at radius 1 is 1.42 bits per heavy atom. The molecule has 0 aromatic heterocycles. The fraction of sp³-hybridized carbons (Fsp3) is 0.923. The summed E-state index contributed by atoms with van der Waals surface area (Å²) in [6.45, 7) is 6.26. The summed E-state index contributed by atoms with van der Waals surface area (Å²) in [6.07, 6.45) is 0.486. The molecule has 0 bridgehead atoms. The van der Waals surface area contributed by atoms with E-state index in [1.54, 1.807) is 0 Å². The summed E-state index contributed by atoms with van der Waals surface area (Å²) < 4.78 is 5.54. The molecule has 2 aliphatic heterocycles. The topological polar surface area (TPSA) is 56.8 Å². The zero-order valence-corrected chi connectivity index (χ0v) is 12.0. The molecule has 2 rings (SSSR count). The van der Waals surface area contributed by atoms with Gasteiger partial charge in [0.1, 0.15) is 0 Å². The molecular weight excluding hydrogens is 244 g/mol. The summed E-state index contributed by atoms with van der Waals surface area (Å²) >= 11 is 0. The second-order valence-electron chi connectivity index (χ2n) is 5.60. The van der Waals surface area contributed by atoms with Gasteiger partial charge in [-0.1, -0.05) is 0 Å². The molecule has 0 saturated carbocycles. The molecule has 2 saturated heterocycles. The zero-order chi connectivity index (χ0) is 13.7. The Labute approximate surface area is 115 Å². The highest BCUT2D eigenvalue weighted by molar-refractivity contribution is 5.76. The molecule has 0 radical (unpaired) electrons. The van der Waals surface area contributed by atoms with Gasteiger partial charge >= 0.3 is 0 Å². The van der Waals surface area contributed by atoms with E-state index in [0.29, 0.717) is 19.1 Å². The minimum atomic E-state index is 0.0282. The van der Waals surface area contributed by atoms with E-state index in [2.05, 4.69) is 34.5 Å². The van der Waals surface area contributed by atoms with Gasteiger partial charge in [-0.15, -0.1) is 0 Å². The number of rotatable bonds is 4. The number of ether oxygens (including phenoxy) is 1. The number of amides is 1. The number of hydrogen-bond donors (Lipinski definition) is 2. The lowest BCUT2D eigenvalue weighted by Crippen LogP contribution is -2.54. The average Bonchev–Trinajstić information content (AvgIpc) is 2.41. The molecule has 2 fully saturated rings. The van der Waals surface area contributed by atoms with Crippen LogP contribution in [-0.4, -0.2) is 87.8 Å². The fourth-order valence-corrected chi connectivity index (χ4v) is 2.58. The third-order valence-electron chi connectivity index (χ3n) is 3.93. The third kappa shape index (κ3) is 4.72. The number of carbonyl (C=O) groups is 1. The Bertz CT molecular complexity index is 294. The summed E-state index contributed by atoms with van der Waals surface area (Å²) in [4.78, 5) is 16.5. The van der Waals surface area contributed by atoms with Crippen LogP contribution in [0.25, 0.3) is 0 Å².